The first-order valence-electron chi connectivity index (χ1n) is 4.88. The molecule has 1 saturated heterocycles. The summed E-state index contributed by atoms with van der Waals surface area (Å²) in [4.78, 5) is 0. The van der Waals surface area contributed by atoms with Gasteiger partial charge in [-0.05, 0) is 32.4 Å². The molecule has 1 unspecified atom stereocenters. The van der Waals surface area contributed by atoms with Crippen molar-refractivity contribution in [3.05, 3.63) is 0 Å². The molecule has 3 heteroatoms. The van der Waals surface area contributed by atoms with Gasteiger partial charge in [-0.25, -0.2) is 0 Å². The van der Waals surface area contributed by atoms with E-state index in [4.69, 9.17) is 5.73 Å². The third-order valence-corrected chi connectivity index (χ3v) is 3.72. The van der Waals surface area contributed by atoms with Gasteiger partial charge < -0.3 is 11.1 Å². The summed E-state index contributed by atoms with van der Waals surface area (Å²) in [6.45, 7) is 4.31. The van der Waals surface area contributed by atoms with Crippen molar-refractivity contribution in [2.45, 2.75) is 37.5 Å². The van der Waals surface area contributed by atoms with Crippen LogP contribution in [0.25, 0.3) is 0 Å². The van der Waals surface area contributed by atoms with Crippen LogP contribution in [0.1, 0.15) is 26.2 Å². The van der Waals surface area contributed by atoms with Gasteiger partial charge in [-0.2, -0.15) is 11.8 Å². The first-order chi connectivity index (χ1) is 5.83. The molecule has 3 N–H and O–H groups in total. The van der Waals surface area contributed by atoms with Gasteiger partial charge in [0.1, 0.15) is 0 Å². The zero-order valence-corrected chi connectivity index (χ0v) is 8.70. The Labute approximate surface area is 79.7 Å². The Morgan fingerprint density at radius 1 is 1.67 bits per heavy atom. The van der Waals surface area contributed by atoms with E-state index in [0.717, 1.165) is 24.3 Å². The molecule has 0 aromatic carbocycles. The van der Waals surface area contributed by atoms with Gasteiger partial charge in [0, 0.05) is 17.0 Å². The maximum Gasteiger partial charge on any atom is 0.0158 e. The molecule has 0 aliphatic carbocycles. The van der Waals surface area contributed by atoms with Crippen molar-refractivity contribution < 1.29 is 0 Å². The molecule has 1 rings (SSSR count). The zero-order valence-electron chi connectivity index (χ0n) is 7.88. The second-order valence-electron chi connectivity index (χ2n) is 3.51. The molecule has 2 nitrogen and oxygen atoms in total. The molecule has 0 amide bonds. The molecule has 1 aliphatic heterocycles. The van der Waals surface area contributed by atoms with E-state index in [9.17, 15) is 0 Å². The molecule has 72 valence electrons. The number of hydrogen-bond donors (Lipinski definition) is 2. The van der Waals surface area contributed by atoms with Crippen LogP contribution < -0.4 is 11.1 Å². The minimum atomic E-state index is 0.734. The van der Waals surface area contributed by atoms with Gasteiger partial charge in [0.05, 0.1) is 0 Å². The second-order valence-corrected chi connectivity index (χ2v) is 4.99. The van der Waals surface area contributed by atoms with Crippen molar-refractivity contribution in [1.29, 1.82) is 0 Å². The van der Waals surface area contributed by atoms with E-state index in [1.165, 1.54) is 25.1 Å². The highest BCUT2D eigenvalue weighted by atomic mass is 32.2. The topological polar surface area (TPSA) is 38.0 Å². The van der Waals surface area contributed by atoms with Crippen LogP contribution in [0.3, 0.4) is 0 Å². The fourth-order valence-corrected chi connectivity index (χ4v) is 2.65. The van der Waals surface area contributed by atoms with E-state index in [1.807, 2.05) is 0 Å². The van der Waals surface area contributed by atoms with Gasteiger partial charge in [-0.3, -0.25) is 0 Å². The fourth-order valence-electron chi connectivity index (χ4n) is 1.50. The highest BCUT2D eigenvalue weighted by Crippen LogP contribution is 2.18. The molecular formula is C9H20N2S. The fraction of sp³-hybridized carbons (Fsp3) is 1.00. The molecule has 0 aromatic heterocycles. The normalized spacial score (nSPS) is 26.0. The lowest BCUT2D eigenvalue weighted by Crippen LogP contribution is -2.24. The molecule has 2 atom stereocenters. The van der Waals surface area contributed by atoms with E-state index in [2.05, 4.69) is 24.0 Å². The maximum atomic E-state index is 5.48. The van der Waals surface area contributed by atoms with Crippen LogP contribution >= 0.6 is 11.8 Å². The SMILES string of the molecule is CC(CCN)SC[C@@H]1CCCN1. The van der Waals surface area contributed by atoms with Crippen molar-refractivity contribution >= 4 is 11.8 Å². The highest BCUT2D eigenvalue weighted by molar-refractivity contribution is 7.99. The van der Waals surface area contributed by atoms with Gasteiger partial charge in [0.15, 0.2) is 0 Å². The predicted molar refractivity (Wildman–Crippen MR) is 56.6 cm³/mol. The van der Waals surface area contributed by atoms with Crippen LogP contribution in [0.5, 0.6) is 0 Å². The van der Waals surface area contributed by atoms with Gasteiger partial charge >= 0.3 is 0 Å². The van der Waals surface area contributed by atoms with Gasteiger partial charge in [-0.1, -0.05) is 6.92 Å². The molecule has 0 bridgehead atoms. The number of hydrogen-bond acceptors (Lipinski definition) is 3. The minimum Gasteiger partial charge on any atom is -0.330 e. The third kappa shape index (κ3) is 3.78. The van der Waals surface area contributed by atoms with Crippen molar-refractivity contribution in [3.63, 3.8) is 0 Å². The molecule has 0 radical (unpaired) electrons. The Morgan fingerprint density at radius 3 is 3.08 bits per heavy atom. The molecule has 12 heavy (non-hydrogen) atoms. The smallest absolute Gasteiger partial charge is 0.0158 e. The first kappa shape index (κ1) is 10.4. The predicted octanol–water partition coefficient (Wildman–Crippen LogP) is 1.21. The Hall–Kier alpha value is 0.270. The van der Waals surface area contributed by atoms with Gasteiger partial charge in [-0.15, -0.1) is 0 Å². The van der Waals surface area contributed by atoms with Crippen molar-refractivity contribution in [3.8, 4) is 0 Å². The van der Waals surface area contributed by atoms with Crippen molar-refractivity contribution in [1.82, 2.24) is 5.32 Å². The molecule has 0 aromatic rings. The number of nitrogens with one attached hydrogen (secondary N) is 1. The Bertz CT molecular complexity index is 113. The maximum absolute atomic E-state index is 5.48. The average molecular weight is 188 g/mol. The summed E-state index contributed by atoms with van der Waals surface area (Å²) in [5, 5.41) is 4.24. The number of rotatable bonds is 5. The summed E-state index contributed by atoms with van der Waals surface area (Å²) in [6.07, 6.45) is 3.87. The highest BCUT2D eigenvalue weighted by Gasteiger charge is 2.14. The monoisotopic (exact) mass is 188 g/mol. The second kappa shape index (κ2) is 5.84. The molecule has 0 spiro atoms. The molecule has 1 heterocycles. The molecule has 1 aliphatic rings. The third-order valence-electron chi connectivity index (χ3n) is 2.32. The molecule has 0 saturated carbocycles. The summed E-state index contributed by atoms with van der Waals surface area (Å²) < 4.78 is 0. The molecular weight excluding hydrogens is 168 g/mol. The lowest BCUT2D eigenvalue weighted by molar-refractivity contribution is 0.671. The Balaban J connectivity index is 1.99. The summed E-state index contributed by atoms with van der Waals surface area (Å²) in [5.74, 6) is 1.27. The van der Waals surface area contributed by atoms with Crippen LogP contribution in [-0.2, 0) is 0 Å². The Kier molecular flexibility index (Phi) is 5.04. The standard InChI is InChI=1S/C9H20N2S/c1-8(4-5-10)12-7-9-3-2-6-11-9/h8-9,11H,2-7,10H2,1H3/t8?,9-/m0/s1. The quantitative estimate of drug-likeness (QED) is 0.681. The van der Waals surface area contributed by atoms with Crippen LogP contribution in [-0.4, -0.2) is 30.1 Å². The van der Waals surface area contributed by atoms with Crippen LogP contribution in [0, 0.1) is 0 Å². The Morgan fingerprint density at radius 2 is 2.50 bits per heavy atom. The number of nitrogens with two attached hydrogens (primary N) is 1. The largest absolute Gasteiger partial charge is 0.330 e. The summed E-state index contributed by atoms with van der Waals surface area (Å²) in [6, 6.07) is 0.773. The van der Waals surface area contributed by atoms with E-state index in [0.29, 0.717) is 0 Å². The first-order valence-corrected chi connectivity index (χ1v) is 5.93. The van der Waals surface area contributed by atoms with Crippen LogP contribution in [0.2, 0.25) is 0 Å². The lowest BCUT2D eigenvalue weighted by Gasteiger charge is -2.13. The minimum absolute atomic E-state index is 0.734. The van der Waals surface area contributed by atoms with Crippen LogP contribution in [0.15, 0.2) is 0 Å². The summed E-state index contributed by atoms with van der Waals surface area (Å²) >= 11 is 2.06. The summed E-state index contributed by atoms with van der Waals surface area (Å²) in [7, 11) is 0. The lowest BCUT2D eigenvalue weighted by atomic mass is 10.3. The van der Waals surface area contributed by atoms with Crippen LogP contribution in [0.4, 0.5) is 0 Å². The van der Waals surface area contributed by atoms with E-state index < -0.39 is 0 Å². The van der Waals surface area contributed by atoms with Crippen molar-refractivity contribution in [2.75, 3.05) is 18.8 Å². The number of thioether (sulfide) groups is 1. The van der Waals surface area contributed by atoms with E-state index in [1.54, 1.807) is 0 Å². The van der Waals surface area contributed by atoms with Gasteiger partial charge in [0.25, 0.3) is 0 Å². The van der Waals surface area contributed by atoms with Crippen molar-refractivity contribution in [2.24, 2.45) is 5.73 Å². The van der Waals surface area contributed by atoms with E-state index >= 15 is 0 Å². The van der Waals surface area contributed by atoms with Gasteiger partial charge in [0.2, 0.25) is 0 Å². The summed E-state index contributed by atoms with van der Waals surface area (Å²) in [5.41, 5.74) is 5.48. The van der Waals surface area contributed by atoms with E-state index in [-0.39, 0.29) is 0 Å². The molecule has 1 fully saturated rings. The zero-order chi connectivity index (χ0) is 8.81. The average Bonchev–Trinajstić information content (AvgIpc) is 2.53.